The van der Waals surface area contributed by atoms with Crippen molar-refractivity contribution in [3.8, 4) is 28.5 Å². The fourth-order valence-corrected chi connectivity index (χ4v) is 3.11. The molecule has 1 heterocycles. The van der Waals surface area contributed by atoms with E-state index in [0.29, 0.717) is 11.5 Å². The van der Waals surface area contributed by atoms with Gasteiger partial charge in [-0.3, -0.25) is 10.2 Å². The van der Waals surface area contributed by atoms with Gasteiger partial charge in [0.05, 0.1) is 32.7 Å². The van der Waals surface area contributed by atoms with E-state index in [0.717, 1.165) is 39.3 Å². The minimum Gasteiger partial charge on any atom is -0.495 e. The number of anilines is 2. The van der Waals surface area contributed by atoms with Gasteiger partial charge in [-0.05, 0) is 35.7 Å². The largest absolute Gasteiger partial charge is 0.495 e. The first-order valence-electron chi connectivity index (χ1n) is 7.90. The van der Waals surface area contributed by atoms with E-state index >= 15 is 0 Å². The highest BCUT2D eigenvalue weighted by Crippen LogP contribution is 2.43. The summed E-state index contributed by atoms with van der Waals surface area (Å²) in [6.45, 7) is 0. The van der Waals surface area contributed by atoms with Crippen LogP contribution in [0.3, 0.4) is 0 Å². The Hall–Kier alpha value is -3.28. The lowest BCUT2D eigenvalue weighted by Gasteiger charge is -2.09. The van der Waals surface area contributed by atoms with Gasteiger partial charge in [0.1, 0.15) is 11.6 Å². The van der Waals surface area contributed by atoms with E-state index in [9.17, 15) is 0 Å². The minimum atomic E-state index is 0.705. The van der Waals surface area contributed by atoms with Crippen LogP contribution in [0.25, 0.3) is 22.0 Å². The number of H-pyrrole nitrogens is 2. The predicted molar refractivity (Wildman–Crippen MR) is 98.7 cm³/mol. The molecule has 2 aliphatic rings. The maximum Gasteiger partial charge on any atom is 0.161 e. The van der Waals surface area contributed by atoms with Gasteiger partial charge in [0, 0.05) is 10.9 Å². The van der Waals surface area contributed by atoms with Crippen LogP contribution in [0.1, 0.15) is 0 Å². The number of methoxy groups -OCH3 is 3. The van der Waals surface area contributed by atoms with Gasteiger partial charge in [0.2, 0.25) is 0 Å². The third-order valence-electron chi connectivity index (χ3n) is 4.34. The van der Waals surface area contributed by atoms with E-state index < -0.39 is 0 Å². The zero-order valence-corrected chi connectivity index (χ0v) is 14.3. The van der Waals surface area contributed by atoms with E-state index in [-0.39, 0.29) is 0 Å². The van der Waals surface area contributed by atoms with Gasteiger partial charge in [-0.15, -0.1) is 0 Å². The predicted octanol–water partition coefficient (Wildman–Crippen LogP) is 4.37. The quantitative estimate of drug-likeness (QED) is 0.506. The van der Waals surface area contributed by atoms with Gasteiger partial charge >= 0.3 is 0 Å². The molecule has 0 saturated heterocycles. The molecule has 6 nitrogen and oxygen atoms in total. The molecule has 1 aliphatic heterocycles. The standard InChI is InChI=1S/C19H19N3O3/c1-23-15-7-5-4-6-14(15)20-19-13-8-11-9-16(24-2)17(25-3)10-12(11)18(13)21-22-19/h4-10,20-22H,1-3H3. The molecule has 0 fully saturated rings. The summed E-state index contributed by atoms with van der Waals surface area (Å²) in [5, 5.41) is 12.0. The molecule has 2 aromatic rings. The average molecular weight is 337 g/mol. The molecule has 6 heteroatoms. The number of hydrogen-bond acceptors (Lipinski definition) is 4. The monoisotopic (exact) mass is 337 g/mol. The number of para-hydroxylation sites is 2. The summed E-state index contributed by atoms with van der Waals surface area (Å²) in [6.07, 6.45) is 0. The van der Waals surface area contributed by atoms with Crippen molar-refractivity contribution in [2.75, 3.05) is 26.6 Å². The van der Waals surface area contributed by atoms with Crippen molar-refractivity contribution < 1.29 is 14.2 Å². The van der Waals surface area contributed by atoms with Gasteiger partial charge < -0.3 is 19.5 Å². The van der Waals surface area contributed by atoms with Crippen molar-refractivity contribution in [2.45, 2.75) is 0 Å². The van der Waals surface area contributed by atoms with Gasteiger partial charge in [0.15, 0.2) is 11.5 Å². The molecule has 0 spiro atoms. The van der Waals surface area contributed by atoms with Crippen molar-refractivity contribution in [2.24, 2.45) is 0 Å². The Bertz CT molecular complexity index is 1000. The number of aromatic amines is 2. The Morgan fingerprint density at radius 3 is 2.28 bits per heavy atom. The maximum atomic E-state index is 5.41. The van der Waals surface area contributed by atoms with Gasteiger partial charge in [-0.25, -0.2) is 0 Å². The Balaban J connectivity index is 1.79. The minimum absolute atomic E-state index is 0.705. The molecule has 3 N–H and O–H groups in total. The number of fused-ring (bicyclic) bond motifs is 3. The van der Waals surface area contributed by atoms with Crippen molar-refractivity contribution in [3.05, 3.63) is 42.5 Å². The van der Waals surface area contributed by atoms with Gasteiger partial charge in [-0.1, -0.05) is 12.1 Å². The molecule has 0 amide bonds. The Morgan fingerprint density at radius 1 is 0.800 bits per heavy atom. The highest BCUT2D eigenvalue weighted by atomic mass is 16.5. The molecule has 0 bridgehead atoms. The molecule has 0 saturated carbocycles. The second-order valence-corrected chi connectivity index (χ2v) is 5.68. The fourth-order valence-electron chi connectivity index (χ4n) is 3.11. The van der Waals surface area contributed by atoms with E-state index in [2.05, 4.69) is 21.6 Å². The molecule has 1 aliphatic carbocycles. The molecule has 2 aromatic carbocycles. The van der Waals surface area contributed by atoms with Crippen molar-refractivity contribution in [1.29, 1.82) is 0 Å². The van der Waals surface area contributed by atoms with Crippen molar-refractivity contribution >= 4 is 22.3 Å². The highest BCUT2D eigenvalue weighted by molar-refractivity contribution is 6.05. The third kappa shape index (κ3) is 2.42. The SMILES string of the molecule is COc1ccccc1Nc1[nH][nH]c2c3cc(OC)c(OC)cc3cc1-2. The summed E-state index contributed by atoms with van der Waals surface area (Å²) in [6, 6.07) is 13.9. The van der Waals surface area contributed by atoms with Crippen molar-refractivity contribution in [1.82, 2.24) is 10.2 Å². The van der Waals surface area contributed by atoms with E-state index in [1.807, 2.05) is 36.4 Å². The summed E-state index contributed by atoms with van der Waals surface area (Å²) < 4.78 is 16.2. The number of hydrogen-bond donors (Lipinski definition) is 3. The van der Waals surface area contributed by atoms with Crippen LogP contribution in [0.4, 0.5) is 11.5 Å². The van der Waals surface area contributed by atoms with E-state index in [1.54, 1.807) is 21.3 Å². The first kappa shape index (κ1) is 15.3. The number of benzene rings is 2. The Labute approximate surface area is 145 Å². The first-order valence-corrected chi connectivity index (χ1v) is 7.90. The van der Waals surface area contributed by atoms with Crippen LogP contribution in [0, 0.1) is 0 Å². The van der Waals surface area contributed by atoms with Crippen LogP contribution in [0.2, 0.25) is 0 Å². The second-order valence-electron chi connectivity index (χ2n) is 5.68. The third-order valence-corrected chi connectivity index (χ3v) is 4.34. The van der Waals surface area contributed by atoms with Crippen molar-refractivity contribution in [3.63, 3.8) is 0 Å². The van der Waals surface area contributed by atoms with Crippen LogP contribution in [-0.4, -0.2) is 31.5 Å². The summed E-state index contributed by atoms with van der Waals surface area (Å²) in [5.74, 6) is 3.07. The molecule has 4 rings (SSSR count). The molecule has 0 radical (unpaired) electrons. The fraction of sp³-hybridized carbons (Fsp3) is 0.158. The summed E-state index contributed by atoms with van der Waals surface area (Å²) >= 11 is 0. The maximum absolute atomic E-state index is 5.41. The molecular weight excluding hydrogens is 318 g/mol. The topological polar surface area (TPSA) is 71.3 Å². The molecule has 0 atom stereocenters. The molecule has 0 aromatic heterocycles. The first-order chi connectivity index (χ1) is 12.2. The number of nitrogens with one attached hydrogen (secondary N) is 3. The molecule has 25 heavy (non-hydrogen) atoms. The normalized spacial score (nSPS) is 11.0. The molecule has 0 unspecified atom stereocenters. The summed E-state index contributed by atoms with van der Waals surface area (Å²) in [5.41, 5.74) is 2.95. The zero-order valence-electron chi connectivity index (χ0n) is 14.3. The number of aromatic nitrogens is 2. The van der Waals surface area contributed by atoms with Crippen LogP contribution >= 0.6 is 0 Å². The average Bonchev–Trinajstić information content (AvgIpc) is 3.20. The van der Waals surface area contributed by atoms with Crippen LogP contribution < -0.4 is 19.5 Å². The lowest BCUT2D eigenvalue weighted by Crippen LogP contribution is -1.95. The van der Waals surface area contributed by atoms with E-state index in [1.165, 1.54) is 0 Å². The van der Waals surface area contributed by atoms with E-state index in [4.69, 9.17) is 14.2 Å². The van der Waals surface area contributed by atoms with Crippen LogP contribution in [0.5, 0.6) is 17.2 Å². The summed E-state index contributed by atoms with van der Waals surface area (Å²) in [7, 11) is 4.94. The lowest BCUT2D eigenvalue weighted by atomic mass is 10.2. The smallest absolute Gasteiger partial charge is 0.161 e. The number of ether oxygens (including phenoxy) is 3. The van der Waals surface area contributed by atoms with Crippen LogP contribution in [-0.2, 0) is 0 Å². The van der Waals surface area contributed by atoms with Gasteiger partial charge in [-0.2, -0.15) is 0 Å². The van der Waals surface area contributed by atoms with Crippen LogP contribution in [0.15, 0.2) is 42.5 Å². The zero-order chi connectivity index (χ0) is 17.4. The number of rotatable bonds is 5. The molecule has 128 valence electrons. The lowest BCUT2D eigenvalue weighted by molar-refractivity contribution is 0.356. The Morgan fingerprint density at radius 2 is 1.52 bits per heavy atom. The molecular formula is C19H19N3O3. The second kappa shape index (κ2) is 5.98. The highest BCUT2D eigenvalue weighted by Gasteiger charge is 2.19. The Kier molecular flexibility index (Phi) is 3.65. The summed E-state index contributed by atoms with van der Waals surface area (Å²) in [4.78, 5) is 0. The van der Waals surface area contributed by atoms with Gasteiger partial charge in [0.25, 0.3) is 0 Å².